The standard InChI is InChI=1S/C35H47N3O4/c1-9-11-20-38(33(40)30(24(4)10-2)37-34(41)42-35(6,7)8)31(29-21-23(3)16-17-25(29)5)32(39)36-28-19-18-26-14-12-13-15-27(26)22-28/h12-19,21-22,24,30-31H,9-11,20H2,1-8H3,(H,36,39)(H,37,41). The zero-order valence-electron chi connectivity index (χ0n) is 26.4. The first-order valence-electron chi connectivity index (χ1n) is 15.0. The maximum absolute atomic E-state index is 14.5. The molecule has 0 fully saturated rings. The van der Waals surface area contributed by atoms with E-state index in [2.05, 4.69) is 17.6 Å². The van der Waals surface area contributed by atoms with Crippen molar-refractivity contribution in [1.29, 1.82) is 0 Å². The first-order valence-corrected chi connectivity index (χ1v) is 15.0. The summed E-state index contributed by atoms with van der Waals surface area (Å²) in [7, 11) is 0. The van der Waals surface area contributed by atoms with Crippen molar-refractivity contribution in [1.82, 2.24) is 10.2 Å². The lowest BCUT2D eigenvalue weighted by molar-refractivity contribution is -0.142. The van der Waals surface area contributed by atoms with Gasteiger partial charge in [-0.2, -0.15) is 0 Å². The van der Waals surface area contributed by atoms with Crippen LogP contribution in [0.4, 0.5) is 10.5 Å². The van der Waals surface area contributed by atoms with E-state index in [1.54, 1.807) is 25.7 Å². The molecule has 0 spiro atoms. The highest BCUT2D eigenvalue weighted by atomic mass is 16.6. The highest BCUT2D eigenvalue weighted by Crippen LogP contribution is 2.30. The summed E-state index contributed by atoms with van der Waals surface area (Å²) in [5.74, 6) is -0.788. The summed E-state index contributed by atoms with van der Waals surface area (Å²) in [4.78, 5) is 43.3. The lowest BCUT2D eigenvalue weighted by atomic mass is 9.93. The number of fused-ring (bicyclic) bond motifs is 1. The van der Waals surface area contributed by atoms with Gasteiger partial charge in [-0.1, -0.05) is 87.7 Å². The monoisotopic (exact) mass is 573 g/mol. The number of unbranched alkanes of at least 4 members (excludes halogenated alkanes) is 1. The third kappa shape index (κ3) is 8.57. The molecule has 2 N–H and O–H groups in total. The molecule has 0 saturated carbocycles. The Kier molecular flexibility index (Phi) is 11.1. The number of carbonyl (C=O) groups excluding carboxylic acids is 3. The molecule has 0 heterocycles. The number of rotatable bonds is 11. The van der Waals surface area contributed by atoms with Crippen LogP contribution in [0.5, 0.6) is 0 Å². The van der Waals surface area contributed by atoms with E-state index in [0.717, 1.165) is 33.9 Å². The van der Waals surface area contributed by atoms with Crippen molar-refractivity contribution in [3.63, 3.8) is 0 Å². The number of alkyl carbamates (subject to hydrolysis) is 1. The molecule has 0 aliphatic carbocycles. The Bertz CT molecular complexity index is 1390. The highest BCUT2D eigenvalue weighted by Gasteiger charge is 2.38. The molecular weight excluding hydrogens is 526 g/mol. The molecule has 0 aliphatic rings. The number of aryl methyl sites for hydroxylation is 2. The maximum atomic E-state index is 14.5. The van der Waals surface area contributed by atoms with Crippen molar-refractivity contribution < 1.29 is 19.1 Å². The van der Waals surface area contributed by atoms with Crippen LogP contribution >= 0.6 is 0 Å². The molecule has 226 valence electrons. The van der Waals surface area contributed by atoms with Gasteiger partial charge in [0.1, 0.15) is 17.7 Å². The number of carbonyl (C=O) groups is 3. The zero-order valence-corrected chi connectivity index (χ0v) is 26.4. The van der Waals surface area contributed by atoms with E-state index >= 15 is 0 Å². The quantitative estimate of drug-likeness (QED) is 0.246. The smallest absolute Gasteiger partial charge is 0.408 e. The van der Waals surface area contributed by atoms with Gasteiger partial charge in [0.2, 0.25) is 5.91 Å². The van der Waals surface area contributed by atoms with Crippen molar-refractivity contribution in [2.45, 2.75) is 92.3 Å². The van der Waals surface area contributed by atoms with Crippen LogP contribution in [0.15, 0.2) is 60.7 Å². The molecule has 7 heteroatoms. The van der Waals surface area contributed by atoms with Crippen LogP contribution in [0.1, 0.15) is 83.5 Å². The predicted octanol–water partition coefficient (Wildman–Crippen LogP) is 7.70. The number of amides is 3. The van der Waals surface area contributed by atoms with Gasteiger partial charge >= 0.3 is 6.09 Å². The first-order chi connectivity index (χ1) is 19.8. The van der Waals surface area contributed by atoms with Gasteiger partial charge < -0.3 is 20.3 Å². The van der Waals surface area contributed by atoms with Crippen LogP contribution in [-0.2, 0) is 14.3 Å². The van der Waals surface area contributed by atoms with Crippen molar-refractivity contribution >= 4 is 34.4 Å². The lowest BCUT2D eigenvalue weighted by Crippen LogP contribution is -2.55. The molecule has 3 rings (SSSR count). The molecule has 0 aliphatic heterocycles. The Morgan fingerprint density at radius 3 is 2.26 bits per heavy atom. The number of anilines is 1. The summed E-state index contributed by atoms with van der Waals surface area (Å²) >= 11 is 0. The van der Waals surface area contributed by atoms with E-state index in [1.807, 2.05) is 88.4 Å². The molecule has 42 heavy (non-hydrogen) atoms. The van der Waals surface area contributed by atoms with Crippen LogP contribution in [0.3, 0.4) is 0 Å². The van der Waals surface area contributed by atoms with Gasteiger partial charge in [-0.25, -0.2) is 4.79 Å². The van der Waals surface area contributed by atoms with Gasteiger partial charge in [-0.05, 0) is 81.0 Å². The SMILES string of the molecule is CCCCN(C(=O)C(NC(=O)OC(C)(C)C)C(C)CC)C(C(=O)Nc1ccc2ccccc2c1)c1cc(C)ccc1C. The van der Waals surface area contributed by atoms with Crippen molar-refractivity contribution in [3.8, 4) is 0 Å². The normalized spacial score (nSPS) is 13.6. The Morgan fingerprint density at radius 2 is 1.62 bits per heavy atom. The minimum absolute atomic E-state index is 0.183. The van der Waals surface area contributed by atoms with Gasteiger partial charge in [0.25, 0.3) is 5.91 Å². The van der Waals surface area contributed by atoms with Crippen molar-refractivity contribution in [3.05, 3.63) is 77.4 Å². The van der Waals surface area contributed by atoms with E-state index in [0.29, 0.717) is 25.1 Å². The second kappa shape index (κ2) is 14.3. The minimum Gasteiger partial charge on any atom is -0.444 e. The summed E-state index contributed by atoms with van der Waals surface area (Å²) in [5.41, 5.74) is 2.61. The van der Waals surface area contributed by atoms with E-state index in [1.165, 1.54) is 0 Å². The van der Waals surface area contributed by atoms with E-state index < -0.39 is 23.8 Å². The number of benzene rings is 3. The molecular formula is C35H47N3O4. The van der Waals surface area contributed by atoms with E-state index in [9.17, 15) is 14.4 Å². The predicted molar refractivity (Wildman–Crippen MR) is 170 cm³/mol. The Labute approximate surface area is 251 Å². The third-order valence-electron chi connectivity index (χ3n) is 7.49. The van der Waals surface area contributed by atoms with Gasteiger partial charge in [-0.15, -0.1) is 0 Å². The van der Waals surface area contributed by atoms with Crippen LogP contribution in [-0.4, -0.2) is 41.0 Å². The summed E-state index contributed by atoms with van der Waals surface area (Å²) in [6.07, 6.45) is 1.55. The molecule has 0 saturated heterocycles. The molecule has 7 nitrogen and oxygen atoms in total. The molecule has 0 aromatic heterocycles. The summed E-state index contributed by atoms with van der Waals surface area (Å²) in [6.45, 7) is 15.6. The van der Waals surface area contributed by atoms with Crippen LogP contribution < -0.4 is 10.6 Å². The van der Waals surface area contributed by atoms with Crippen LogP contribution in [0.2, 0.25) is 0 Å². The van der Waals surface area contributed by atoms with Crippen LogP contribution in [0, 0.1) is 19.8 Å². The third-order valence-corrected chi connectivity index (χ3v) is 7.49. The second-order valence-corrected chi connectivity index (χ2v) is 12.2. The van der Waals surface area contributed by atoms with Crippen molar-refractivity contribution in [2.75, 3.05) is 11.9 Å². The molecule has 0 radical (unpaired) electrons. The zero-order chi connectivity index (χ0) is 31.0. The second-order valence-electron chi connectivity index (χ2n) is 12.2. The average Bonchev–Trinajstić information content (AvgIpc) is 2.93. The van der Waals surface area contributed by atoms with Gasteiger partial charge in [0.05, 0.1) is 0 Å². The average molecular weight is 574 g/mol. The van der Waals surface area contributed by atoms with Gasteiger partial charge in [-0.3, -0.25) is 9.59 Å². The molecule has 0 bridgehead atoms. The topological polar surface area (TPSA) is 87.7 Å². The first kappa shape index (κ1) is 32.6. The largest absolute Gasteiger partial charge is 0.444 e. The number of nitrogens with zero attached hydrogens (tertiary/aromatic N) is 1. The Hall–Kier alpha value is -3.87. The fraction of sp³-hybridized carbons (Fsp3) is 0.457. The number of nitrogens with one attached hydrogen (secondary N) is 2. The Morgan fingerprint density at radius 1 is 0.929 bits per heavy atom. The molecule has 3 unspecified atom stereocenters. The molecule has 3 aromatic carbocycles. The maximum Gasteiger partial charge on any atom is 0.408 e. The number of hydrogen-bond donors (Lipinski definition) is 2. The number of hydrogen-bond acceptors (Lipinski definition) is 4. The number of ether oxygens (including phenoxy) is 1. The summed E-state index contributed by atoms with van der Waals surface area (Å²) < 4.78 is 5.52. The molecule has 3 aromatic rings. The highest BCUT2D eigenvalue weighted by molar-refractivity contribution is 6.00. The fourth-order valence-electron chi connectivity index (χ4n) is 4.97. The Balaban J connectivity index is 2.08. The lowest BCUT2D eigenvalue weighted by Gasteiger charge is -2.36. The van der Waals surface area contributed by atoms with E-state index in [-0.39, 0.29) is 17.7 Å². The summed E-state index contributed by atoms with van der Waals surface area (Å²) in [5, 5.41) is 8.02. The van der Waals surface area contributed by atoms with Gasteiger partial charge in [0, 0.05) is 12.2 Å². The minimum atomic E-state index is -0.901. The van der Waals surface area contributed by atoms with Gasteiger partial charge in [0.15, 0.2) is 0 Å². The van der Waals surface area contributed by atoms with Crippen molar-refractivity contribution in [2.24, 2.45) is 5.92 Å². The summed E-state index contributed by atoms with van der Waals surface area (Å²) in [6, 6.07) is 18.0. The van der Waals surface area contributed by atoms with E-state index in [4.69, 9.17) is 4.74 Å². The fourth-order valence-corrected chi connectivity index (χ4v) is 4.97. The van der Waals surface area contributed by atoms with Crippen LogP contribution in [0.25, 0.3) is 10.8 Å². The molecule has 3 atom stereocenters. The molecule has 3 amide bonds.